The Kier molecular flexibility index (Phi) is 6.33. The normalized spacial score (nSPS) is 16.0. The van der Waals surface area contributed by atoms with Gasteiger partial charge in [-0.3, -0.25) is 0 Å². The summed E-state index contributed by atoms with van der Waals surface area (Å²) in [5, 5.41) is 11.0. The van der Waals surface area contributed by atoms with E-state index in [-0.39, 0.29) is 23.0 Å². The summed E-state index contributed by atoms with van der Waals surface area (Å²) in [6.07, 6.45) is 2.23. The van der Waals surface area contributed by atoms with Crippen molar-refractivity contribution in [1.82, 2.24) is 4.72 Å². The van der Waals surface area contributed by atoms with E-state index in [4.69, 9.17) is 4.74 Å². The molecule has 0 spiro atoms. The standard InChI is InChI=1S/C20H24N2O5S/c1-27-17-9-7-15(8-10-17)19(22-11-2-3-12-22)14-21-28(25,26)18-6-4-5-16(13-18)20(23)24/h4-10,13,19,21H,2-3,11-12,14H2,1H3,(H,23,24)/t19-/m0/s1. The van der Waals surface area contributed by atoms with E-state index in [1.54, 1.807) is 7.11 Å². The van der Waals surface area contributed by atoms with Crippen LogP contribution in [0.3, 0.4) is 0 Å². The average Bonchev–Trinajstić information content (AvgIpc) is 3.23. The van der Waals surface area contributed by atoms with Crippen LogP contribution in [0.4, 0.5) is 0 Å². The lowest BCUT2D eigenvalue weighted by atomic mass is 10.1. The van der Waals surface area contributed by atoms with Gasteiger partial charge in [0.25, 0.3) is 0 Å². The number of carbonyl (C=O) groups excluding carboxylic acids is 1. The first-order valence-corrected chi connectivity index (χ1v) is 10.7. The number of rotatable bonds is 8. The van der Waals surface area contributed by atoms with Gasteiger partial charge < -0.3 is 19.5 Å². The number of aromatic carboxylic acids is 1. The first-order chi connectivity index (χ1) is 13.4. The monoisotopic (exact) mass is 404 g/mol. The maximum absolute atomic E-state index is 12.7. The van der Waals surface area contributed by atoms with Gasteiger partial charge in [0.2, 0.25) is 10.0 Å². The molecule has 2 aromatic carbocycles. The number of quaternary nitrogens is 1. The van der Waals surface area contributed by atoms with Crippen molar-refractivity contribution in [2.45, 2.75) is 23.8 Å². The number of benzene rings is 2. The Balaban J connectivity index is 1.80. The molecule has 3 rings (SSSR count). The predicted molar refractivity (Wildman–Crippen MR) is 102 cm³/mol. The second kappa shape index (κ2) is 8.72. The van der Waals surface area contributed by atoms with Crippen molar-refractivity contribution in [1.29, 1.82) is 0 Å². The summed E-state index contributed by atoms with van der Waals surface area (Å²) in [6, 6.07) is 12.8. The third kappa shape index (κ3) is 4.70. The van der Waals surface area contributed by atoms with E-state index in [0.717, 1.165) is 43.3 Å². The second-order valence-electron chi connectivity index (χ2n) is 6.86. The quantitative estimate of drug-likeness (QED) is 0.632. The lowest BCUT2D eigenvalue weighted by Gasteiger charge is -2.25. The van der Waals surface area contributed by atoms with Gasteiger partial charge in [-0.05, 0) is 42.0 Å². The Bertz CT molecular complexity index is 922. The Morgan fingerprint density at radius 2 is 1.86 bits per heavy atom. The van der Waals surface area contributed by atoms with Crippen LogP contribution in [0.2, 0.25) is 0 Å². The molecule has 1 heterocycles. The molecule has 0 aliphatic carbocycles. The molecule has 1 aliphatic heterocycles. The topological polar surface area (TPSA) is 100.0 Å². The maximum atomic E-state index is 12.7. The van der Waals surface area contributed by atoms with E-state index in [2.05, 4.69) is 4.72 Å². The largest absolute Gasteiger partial charge is 0.545 e. The molecule has 2 aromatic rings. The smallest absolute Gasteiger partial charge is 0.240 e. The second-order valence-corrected chi connectivity index (χ2v) is 8.63. The fraction of sp³-hybridized carbons (Fsp3) is 0.350. The van der Waals surface area contributed by atoms with Gasteiger partial charge in [-0.1, -0.05) is 12.1 Å². The van der Waals surface area contributed by atoms with Crippen molar-refractivity contribution in [2.75, 3.05) is 26.7 Å². The van der Waals surface area contributed by atoms with Crippen LogP contribution >= 0.6 is 0 Å². The van der Waals surface area contributed by atoms with E-state index in [1.165, 1.54) is 23.1 Å². The van der Waals surface area contributed by atoms with Crippen LogP contribution in [0, 0.1) is 0 Å². The maximum Gasteiger partial charge on any atom is 0.240 e. The first-order valence-electron chi connectivity index (χ1n) is 9.20. The van der Waals surface area contributed by atoms with Crippen LogP contribution in [0.15, 0.2) is 53.4 Å². The highest BCUT2D eigenvalue weighted by Crippen LogP contribution is 2.18. The van der Waals surface area contributed by atoms with E-state index < -0.39 is 16.0 Å². The number of carbonyl (C=O) groups is 1. The van der Waals surface area contributed by atoms with Crippen LogP contribution in [0.25, 0.3) is 0 Å². The minimum atomic E-state index is -3.84. The highest BCUT2D eigenvalue weighted by molar-refractivity contribution is 7.89. The number of sulfonamides is 1. The van der Waals surface area contributed by atoms with Gasteiger partial charge in [0.15, 0.2) is 0 Å². The van der Waals surface area contributed by atoms with Gasteiger partial charge >= 0.3 is 0 Å². The fourth-order valence-electron chi connectivity index (χ4n) is 3.58. The average molecular weight is 404 g/mol. The molecule has 0 aromatic heterocycles. The summed E-state index contributed by atoms with van der Waals surface area (Å²) in [5.41, 5.74) is 0.864. The Morgan fingerprint density at radius 1 is 1.18 bits per heavy atom. The minimum absolute atomic E-state index is 0.0347. The Labute approximate surface area is 165 Å². The molecule has 28 heavy (non-hydrogen) atoms. The van der Waals surface area contributed by atoms with Crippen LogP contribution in [-0.2, 0) is 10.0 Å². The van der Waals surface area contributed by atoms with Crippen molar-refractivity contribution in [3.63, 3.8) is 0 Å². The van der Waals surface area contributed by atoms with Crippen LogP contribution < -0.4 is 19.5 Å². The van der Waals surface area contributed by atoms with Gasteiger partial charge in [-0.15, -0.1) is 0 Å². The summed E-state index contributed by atoms with van der Waals surface area (Å²) in [4.78, 5) is 12.3. The third-order valence-corrected chi connectivity index (χ3v) is 6.54. The highest BCUT2D eigenvalue weighted by Gasteiger charge is 2.29. The summed E-state index contributed by atoms with van der Waals surface area (Å²) in [5.74, 6) is -0.659. The summed E-state index contributed by atoms with van der Waals surface area (Å²) >= 11 is 0. The molecular weight excluding hydrogens is 380 g/mol. The van der Waals surface area contributed by atoms with Gasteiger partial charge in [0.05, 0.1) is 37.6 Å². The first kappa shape index (κ1) is 20.3. The van der Waals surface area contributed by atoms with E-state index in [9.17, 15) is 18.3 Å². The van der Waals surface area contributed by atoms with Crippen LogP contribution in [0.5, 0.6) is 5.75 Å². The number of hydrogen-bond donors (Lipinski definition) is 2. The zero-order valence-electron chi connectivity index (χ0n) is 15.7. The molecule has 1 saturated heterocycles. The van der Waals surface area contributed by atoms with E-state index >= 15 is 0 Å². The highest BCUT2D eigenvalue weighted by atomic mass is 32.2. The van der Waals surface area contributed by atoms with Crippen molar-refractivity contribution >= 4 is 16.0 Å². The molecule has 1 aliphatic rings. The van der Waals surface area contributed by atoms with Crippen molar-refractivity contribution in [3.05, 3.63) is 59.7 Å². The van der Waals surface area contributed by atoms with Crippen LogP contribution in [-0.4, -0.2) is 41.1 Å². The predicted octanol–water partition coefficient (Wildman–Crippen LogP) is -0.243. The van der Waals surface area contributed by atoms with Crippen molar-refractivity contribution in [3.8, 4) is 5.75 Å². The van der Waals surface area contributed by atoms with E-state index in [0.29, 0.717) is 0 Å². The summed E-state index contributed by atoms with van der Waals surface area (Å²) in [6.45, 7) is 2.19. The Morgan fingerprint density at radius 3 is 2.46 bits per heavy atom. The minimum Gasteiger partial charge on any atom is -0.545 e. The number of nitrogens with one attached hydrogen (secondary N) is 2. The zero-order chi connectivity index (χ0) is 20.1. The number of hydrogen-bond acceptors (Lipinski definition) is 5. The SMILES string of the molecule is COc1ccc([C@H](CNS(=O)(=O)c2cccc(C(=O)[O-])c2)[NH+]2CCCC2)cc1. The molecule has 7 nitrogen and oxygen atoms in total. The molecule has 0 saturated carbocycles. The molecule has 2 N–H and O–H groups in total. The molecule has 1 atom stereocenters. The van der Waals surface area contributed by atoms with Gasteiger partial charge in [-0.2, -0.15) is 0 Å². The van der Waals surface area contributed by atoms with Gasteiger partial charge in [0, 0.05) is 18.4 Å². The molecule has 0 radical (unpaired) electrons. The molecule has 0 amide bonds. The third-order valence-electron chi connectivity index (χ3n) is 5.11. The number of methoxy groups -OCH3 is 1. The summed E-state index contributed by atoms with van der Waals surface area (Å²) in [7, 11) is -2.24. The molecule has 1 fully saturated rings. The lowest BCUT2D eigenvalue weighted by molar-refractivity contribution is -0.918. The van der Waals surface area contributed by atoms with Crippen molar-refractivity contribution < 1.29 is 28.0 Å². The molecule has 8 heteroatoms. The van der Waals surface area contributed by atoms with Gasteiger partial charge in [-0.25, -0.2) is 13.1 Å². The molecule has 0 unspecified atom stereocenters. The number of ether oxygens (including phenoxy) is 1. The van der Waals surface area contributed by atoms with E-state index in [1.807, 2.05) is 24.3 Å². The molecule has 150 valence electrons. The lowest BCUT2D eigenvalue weighted by Crippen LogP contribution is -3.11. The number of carboxylic acids is 1. The Hall–Kier alpha value is -2.42. The number of likely N-dealkylation sites (tertiary alicyclic amines) is 1. The van der Waals surface area contributed by atoms with Gasteiger partial charge in [0.1, 0.15) is 11.8 Å². The molecular formula is C20H24N2O5S. The zero-order valence-corrected chi connectivity index (χ0v) is 16.5. The van der Waals surface area contributed by atoms with Crippen LogP contribution in [0.1, 0.15) is 34.8 Å². The van der Waals surface area contributed by atoms with Crippen molar-refractivity contribution in [2.24, 2.45) is 0 Å². The molecule has 0 bridgehead atoms. The fourth-order valence-corrected chi connectivity index (χ4v) is 4.67. The number of carboxylic acid groups (broad SMARTS) is 1. The summed E-state index contributed by atoms with van der Waals surface area (Å²) < 4.78 is 33.3.